The minimum Gasteiger partial charge on any atom is -0.394 e. The summed E-state index contributed by atoms with van der Waals surface area (Å²) < 4.78 is 10.9. The maximum Gasteiger partial charge on any atom is 0.297 e. The van der Waals surface area contributed by atoms with E-state index in [9.17, 15) is 25.2 Å². The van der Waals surface area contributed by atoms with Crippen LogP contribution in [0.15, 0.2) is 0 Å². The number of hydrogen-bond donors (Lipinski definition) is 6. The fraction of sp³-hybridized carbons (Fsp3) is 0.342. The summed E-state index contributed by atoms with van der Waals surface area (Å²) in [5, 5.41) is 41.9. The lowest BCUT2D eigenvalue weighted by molar-refractivity contribution is -0.302. The van der Waals surface area contributed by atoms with Crippen molar-refractivity contribution in [2.24, 2.45) is 5.73 Å². The van der Waals surface area contributed by atoms with E-state index in [1.807, 2.05) is 6.92 Å². The molecule has 0 spiro atoms. The van der Waals surface area contributed by atoms with E-state index in [-0.39, 0.29) is 40.8 Å². The van der Waals surface area contributed by atoms with Gasteiger partial charge in [-0.15, -0.1) is 0 Å². The van der Waals surface area contributed by atoms with Crippen molar-refractivity contribution in [3.63, 3.8) is 0 Å². The molecule has 7 atom stereocenters. The lowest BCUT2D eigenvalue weighted by atomic mass is 9.99. The van der Waals surface area contributed by atoms with Crippen LogP contribution in [0.1, 0.15) is 60.9 Å². The van der Waals surface area contributed by atoms with Gasteiger partial charge in [-0.25, -0.2) is 0 Å². The fourth-order valence-corrected chi connectivity index (χ4v) is 3.19. The molecule has 0 radical (unpaired) electrons. The van der Waals surface area contributed by atoms with Gasteiger partial charge in [0.1, 0.15) is 24.4 Å². The van der Waals surface area contributed by atoms with Gasteiger partial charge < -0.3 is 41.0 Å². The molecule has 0 bridgehead atoms. The van der Waals surface area contributed by atoms with Gasteiger partial charge in [-0.3, -0.25) is 4.79 Å². The first-order valence-electron chi connectivity index (χ1n) is 13.8. The molecule has 1 aliphatic rings. The van der Waals surface area contributed by atoms with Gasteiger partial charge in [0.25, 0.3) is 5.91 Å². The SMILES string of the molecule is CC#CC#CC#CC#CC#CC#CC#CC#CC#CC#CC#CC#CC(=O)N[C@@H](CO[C@H]1OC(CO)[C@H](O)[C@H](O)C1O)[C@H](N)CCC.[HH].[HH].[HH].[HH].[HH].[HH].[HH].[HH].[HH].[HH].[HH].[HH].[HH].[HH].[HH].[HH].[HH].[HH].[HH].[HH].[HH].[HH].[HH].[HH]. The summed E-state index contributed by atoms with van der Waals surface area (Å²) >= 11 is 0. The van der Waals surface area contributed by atoms with Crippen LogP contribution in [0.5, 0.6) is 0 Å². The highest BCUT2D eigenvalue weighted by atomic mass is 16.7. The van der Waals surface area contributed by atoms with Gasteiger partial charge in [-0.05, 0) is 108 Å². The third-order valence-corrected chi connectivity index (χ3v) is 5.36. The molecule has 1 amide bonds. The molecular weight excluding hydrogens is 596 g/mol. The predicted molar refractivity (Wildman–Crippen MR) is 224 cm³/mol. The van der Waals surface area contributed by atoms with Crippen LogP contribution >= 0.6 is 0 Å². The molecule has 9 nitrogen and oxygen atoms in total. The molecule has 1 saturated heterocycles. The van der Waals surface area contributed by atoms with E-state index >= 15 is 0 Å². The highest BCUT2D eigenvalue weighted by Crippen LogP contribution is 2.22. The molecule has 1 fully saturated rings. The van der Waals surface area contributed by atoms with Crippen molar-refractivity contribution >= 4 is 5.91 Å². The van der Waals surface area contributed by atoms with E-state index in [2.05, 4.69) is 147 Å². The molecule has 0 saturated carbocycles. The Bertz CT molecular complexity index is 1960. The number of nitrogens with two attached hydrogens (primary N) is 1. The van der Waals surface area contributed by atoms with E-state index in [1.54, 1.807) is 6.92 Å². The van der Waals surface area contributed by atoms with Crippen LogP contribution in [-0.4, -0.2) is 82.3 Å². The van der Waals surface area contributed by atoms with Crippen molar-refractivity contribution in [2.75, 3.05) is 13.2 Å². The number of hydrogen-bond acceptors (Lipinski definition) is 8. The maximum absolute atomic E-state index is 12.3. The Morgan fingerprint density at radius 1 is 0.745 bits per heavy atom. The summed E-state index contributed by atoms with van der Waals surface area (Å²) in [5.74, 6) is 58.6. The number of aliphatic hydroxyl groups excluding tert-OH is 4. The Morgan fingerprint density at radius 2 is 1.17 bits per heavy atom. The molecule has 0 aromatic rings. The topological polar surface area (TPSA) is 155 Å². The standard InChI is InChI=1S/C38H28N2O7.24H2/c1-3-5-6-7-8-9-10-11-12-13-14-15-16-17-18-19-20-21-22-23-24-25-26-28-34(42)40-32(31(39)27-4-2)30-46-38-37(45)36(44)35(43)33(29-41)47-38;;;;;;;;;;;;;;;;;;;;;;;;/h31-33,35-38,41,43-45H,4,27,29-30,39H2,1-2H3,(H,40,42);24*1H/t31-,32+,33?,35+,36+,37?,38+;;;;;;;;;;;;;;;;;;;;;;;;/m1......................../s1. The van der Waals surface area contributed by atoms with E-state index in [4.69, 9.17) is 15.2 Å². The van der Waals surface area contributed by atoms with Gasteiger partial charge >= 0.3 is 0 Å². The largest absolute Gasteiger partial charge is 0.394 e. The summed E-state index contributed by atoms with van der Waals surface area (Å²) in [6, 6.07) is -1.26. The summed E-state index contributed by atoms with van der Waals surface area (Å²) in [4.78, 5) is 12.3. The smallest absolute Gasteiger partial charge is 0.297 e. The van der Waals surface area contributed by atoms with Crippen LogP contribution in [0.2, 0.25) is 0 Å². The molecule has 0 aromatic carbocycles. The van der Waals surface area contributed by atoms with Crippen LogP contribution in [0.25, 0.3) is 0 Å². The Morgan fingerprint density at radius 3 is 1.57 bits per heavy atom. The van der Waals surface area contributed by atoms with Gasteiger partial charge in [0.2, 0.25) is 0 Å². The number of aliphatic hydroxyl groups is 4. The first-order chi connectivity index (χ1) is 22.8. The highest BCUT2D eigenvalue weighted by molar-refractivity contribution is 5.94. The summed E-state index contributed by atoms with van der Waals surface area (Å²) in [6.07, 6.45) is -5.96. The van der Waals surface area contributed by atoms with Gasteiger partial charge in [0.05, 0.1) is 19.3 Å². The first kappa shape index (κ1) is 38.9. The zero-order chi connectivity index (χ0) is 34.5. The van der Waals surface area contributed by atoms with Gasteiger partial charge in [-0.1, -0.05) is 19.3 Å². The molecule has 2 unspecified atom stereocenters. The van der Waals surface area contributed by atoms with Crippen molar-refractivity contribution in [1.29, 1.82) is 0 Å². The predicted octanol–water partition coefficient (Wildman–Crippen LogP) is 3.38. The number of carbonyl (C=O) groups excluding carboxylic acids is 1. The summed E-state index contributed by atoms with van der Waals surface area (Å²) in [6.45, 7) is 2.78. The number of nitrogens with one attached hydrogen (secondary N) is 1. The van der Waals surface area contributed by atoms with E-state index < -0.39 is 55.3 Å². The van der Waals surface area contributed by atoms with E-state index in [0.29, 0.717) is 6.42 Å². The van der Waals surface area contributed by atoms with Crippen molar-refractivity contribution in [3.8, 4) is 142 Å². The molecule has 47 heavy (non-hydrogen) atoms. The molecule has 7 N–H and O–H groups in total. The monoisotopic (exact) mass is 673 g/mol. The molecule has 1 rings (SSSR count). The Hall–Kier alpha value is -6.09. The maximum atomic E-state index is 12.3. The van der Waals surface area contributed by atoms with Crippen LogP contribution in [0, 0.1) is 142 Å². The highest BCUT2D eigenvalue weighted by Gasteiger charge is 2.44. The van der Waals surface area contributed by atoms with E-state index in [1.165, 1.54) is 0 Å². The second-order valence-electron chi connectivity index (χ2n) is 8.69. The minimum absolute atomic E-state index is 0. The van der Waals surface area contributed by atoms with Crippen molar-refractivity contribution in [2.45, 2.75) is 69.5 Å². The number of amides is 1. The molecule has 9 heteroatoms. The van der Waals surface area contributed by atoms with Crippen LogP contribution in [0.3, 0.4) is 0 Å². The number of ether oxygens (including phenoxy) is 2. The molecule has 0 aliphatic carbocycles. The second-order valence-corrected chi connectivity index (χ2v) is 8.69. The van der Waals surface area contributed by atoms with Crippen molar-refractivity contribution in [3.05, 3.63) is 0 Å². The van der Waals surface area contributed by atoms with Crippen LogP contribution in [-0.2, 0) is 14.3 Å². The fourth-order valence-electron chi connectivity index (χ4n) is 3.19. The molecule has 0 aromatic heterocycles. The molecular formula is C38H76N2O7. The van der Waals surface area contributed by atoms with Gasteiger partial charge in [0, 0.05) is 81.7 Å². The van der Waals surface area contributed by atoms with E-state index in [0.717, 1.165) is 6.42 Å². The minimum atomic E-state index is -1.60. The Kier molecular flexibility index (Phi) is 20.9. The van der Waals surface area contributed by atoms with Gasteiger partial charge in [-0.2, -0.15) is 0 Å². The van der Waals surface area contributed by atoms with Gasteiger partial charge in [0.15, 0.2) is 6.29 Å². The second kappa shape index (κ2) is 25.3. The summed E-state index contributed by atoms with van der Waals surface area (Å²) in [5.41, 5.74) is 6.17. The lowest BCUT2D eigenvalue weighted by Gasteiger charge is -2.40. The summed E-state index contributed by atoms with van der Waals surface area (Å²) in [7, 11) is 0. The normalized spacial score (nSPS) is 18.7. The first-order valence-corrected chi connectivity index (χ1v) is 13.8. The number of rotatable bonds is 8. The van der Waals surface area contributed by atoms with Crippen molar-refractivity contribution < 1.29 is 68.9 Å². The molecule has 280 valence electrons. The quantitative estimate of drug-likeness (QED) is 0.215. The van der Waals surface area contributed by atoms with Crippen molar-refractivity contribution in [1.82, 2.24) is 5.32 Å². The molecule has 1 aliphatic heterocycles. The third-order valence-electron chi connectivity index (χ3n) is 5.36. The average molecular weight is 673 g/mol. The third kappa shape index (κ3) is 17.7. The van der Waals surface area contributed by atoms with Crippen LogP contribution in [0.4, 0.5) is 0 Å². The Labute approximate surface area is 311 Å². The Balaban J connectivity index is -0.0000000418. The number of carbonyl (C=O) groups is 1. The molecule has 1 heterocycles. The lowest BCUT2D eigenvalue weighted by Crippen LogP contribution is -2.60. The zero-order valence-corrected chi connectivity index (χ0v) is 25.5. The van der Waals surface area contributed by atoms with Crippen LogP contribution < -0.4 is 11.1 Å². The average Bonchev–Trinajstić information content (AvgIpc) is 3.06. The zero-order valence-electron chi connectivity index (χ0n) is 25.5.